The number of piperazine rings is 1. The standard InChI is InChI=1S/C30H32N4O2S/c1-36-23-12-8-11-22(20-23)30(35)34-17-15-33(16-18-34)28-27-24-13-6-3-7-14-25(24)37-29(27)32-26(31-28)19-21-9-4-2-5-10-21/h2,4-5,8-12,20H,3,6-7,13-19H2,1H3. The fourth-order valence-corrected chi connectivity index (χ4v) is 6.78. The second kappa shape index (κ2) is 10.5. The molecule has 1 fully saturated rings. The molecule has 6 rings (SSSR count). The lowest BCUT2D eigenvalue weighted by Crippen LogP contribution is -2.49. The summed E-state index contributed by atoms with van der Waals surface area (Å²) in [4.78, 5) is 30.4. The smallest absolute Gasteiger partial charge is 0.254 e. The number of hydrogen-bond donors (Lipinski definition) is 0. The molecule has 0 unspecified atom stereocenters. The number of methoxy groups -OCH3 is 1. The molecule has 7 heteroatoms. The van der Waals surface area contributed by atoms with Gasteiger partial charge < -0.3 is 14.5 Å². The molecular formula is C30H32N4O2S. The van der Waals surface area contributed by atoms with Crippen LogP contribution in [0.3, 0.4) is 0 Å². The molecule has 6 nitrogen and oxygen atoms in total. The molecule has 0 N–H and O–H groups in total. The molecule has 2 aliphatic rings. The third kappa shape index (κ3) is 4.92. The number of hydrogen-bond acceptors (Lipinski definition) is 6. The Labute approximate surface area is 221 Å². The molecular weight excluding hydrogens is 480 g/mol. The summed E-state index contributed by atoms with van der Waals surface area (Å²) in [5, 5.41) is 1.26. The molecule has 0 atom stereocenters. The van der Waals surface area contributed by atoms with Gasteiger partial charge in [-0.05, 0) is 55.0 Å². The number of amides is 1. The molecule has 0 bridgehead atoms. The molecule has 37 heavy (non-hydrogen) atoms. The predicted octanol–water partition coefficient (Wildman–Crippen LogP) is 5.52. The second-order valence-electron chi connectivity index (χ2n) is 9.88. The third-order valence-electron chi connectivity index (χ3n) is 7.48. The maximum atomic E-state index is 13.2. The summed E-state index contributed by atoms with van der Waals surface area (Å²) >= 11 is 1.87. The van der Waals surface area contributed by atoms with Crippen molar-refractivity contribution in [3.05, 3.63) is 82.0 Å². The lowest BCUT2D eigenvalue weighted by molar-refractivity contribution is 0.0746. The monoisotopic (exact) mass is 512 g/mol. The number of benzene rings is 2. The van der Waals surface area contributed by atoms with E-state index in [2.05, 4.69) is 29.2 Å². The number of nitrogens with zero attached hydrogens (tertiary/aromatic N) is 4. The summed E-state index contributed by atoms with van der Waals surface area (Å²) in [6.07, 6.45) is 6.75. The Morgan fingerprint density at radius 3 is 2.57 bits per heavy atom. The van der Waals surface area contributed by atoms with Crippen molar-refractivity contribution in [3.8, 4) is 5.75 Å². The summed E-state index contributed by atoms with van der Waals surface area (Å²) in [6.45, 7) is 2.86. The Hall–Kier alpha value is -3.45. The number of carbonyl (C=O) groups is 1. The van der Waals surface area contributed by atoms with Gasteiger partial charge in [0.05, 0.1) is 12.5 Å². The van der Waals surface area contributed by atoms with Crippen molar-refractivity contribution in [2.75, 3.05) is 38.2 Å². The first kappa shape index (κ1) is 23.9. The van der Waals surface area contributed by atoms with E-state index in [-0.39, 0.29) is 5.91 Å². The van der Waals surface area contributed by atoms with Gasteiger partial charge in [-0.1, -0.05) is 42.8 Å². The summed E-state index contributed by atoms with van der Waals surface area (Å²) in [5.41, 5.74) is 3.36. The zero-order valence-electron chi connectivity index (χ0n) is 21.3. The van der Waals surface area contributed by atoms with Gasteiger partial charge in [0, 0.05) is 43.0 Å². The molecule has 1 aliphatic carbocycles. The van der Waals surface area contributed by atoms with Gasteiger partial charge in [0.25, 0.3) is 5.91 Å². The van der Waals surface area contributed by atoms with Crippen molar-refractivity contribution in [1.29, 1.82) is 0 Å². The zero-order chi connectivity index (χ0) is 25.2. The first-order chi connectivity index (χ1) is 18.2. The van der Waals surface area contributed by atoms with Gasteiger partial charge in [-0.3, -0.25) is 4.79 Å². The lowest BCUT2D eigenvalue weighted by Gasteiger charge is -2.36. The average Bonchev–Trinajstić information content (AvgIpc) is 3.13. The van der Waals surface area contributed by atoms with E-state index >= 15 is 0 Å². The van der Waals surface area contributed by atoms with Crippen LogP contribution in [0, 0.1) is 0 Å². The number of fused-ring (bicyclic) bond motifs is 3. The van der Waals surface area contributed by atoms with E-state index in [9.17, 15) is 4.79 Å². The predicted molar refractivity (Wildman–Crippen MR) is 149 cm³/mol. The van der Waals surface area contributed by atoms with Gasteiger partial charge in [0.2, 0.25) is 0 Å². The molecule has 4 aromatic rings. The highest BCUT2D eigenvalue weighted by Crippen LogP contribution is 2.39. The van der Waals surface area contributed by atoms with E-state index in [1.807, 2.05) is 46.6 Å². The lowest BCUT2D eigenvalue weighted by atomic mass is 10.1. The van der Waals surface area contributed by atoms with Gasteiger partial charge in [-0.25, -0.2) is 9.97 Å². The highest BCUT2D eigenvalue weighted by atomic mass is 32.1. The quantitative estimate of drug-likeness (QED) is 0.330. The SMILES string of the molecule is COc1cccc(C(=O)N2CCN(c3nc(Cc4ccccc4)nc4sc5c(c34)CCCCC5)CC2)c1. The van der Waals surface area contributed by atoms with Crippen LogP contribution >= 0.6 is 11.3 Å². The normalized spacial score (nSPS) is 15.9. The van der Waals surface area contributed by atoms with E-state index < -0.39 is 0 Å². The molecule has 0 spiro atoms. The van der Waals surface area contributed by atoms with Crippen molar-refractivity contribution in [1.82, 2.24) is 14.9 Å². The van der Waals surface area contributed by atoms with Crippen LogP contribution < -0.4 is 9.64 Å². The van der Waals surface area contributed by atoms with Gasteiger partial charge in [0.1, 0.15) is 22.2 Å². The van der Waals surface area contributed by atoms with Crippen LogP contribution in [0.25, 0.3) is 10.2 Å². The fourth-order valence-electron chi connectivity index (χ4n) is 5.50. The number of aromatic nitrogens is 2. The number of anilines is 1. The van der Waals surface area contributed by atoms with Crippen molar-refractivity contribution >= 4 is 33.3 Å². The maximum absolute atomic E-state index is 13.2. The van der Waals surface area contributed by atoms with Crippen LogP contribution in [0.2, 0.25) is 0 Å². The molecule has 2 aromatic heterocycles. The van der Waals surface area contributed by atoms with Crippen LogP contribution in [0.15, 0.2) is 54.6 Å². The van der Waals surface area contributed by atoms with Gasteiger partial charge in [-0.15, -0.1) is 11.3 Å². The van der Waals surface area contributed by atoms with Gasteiger partial charge in [-0.2, -0.15) is 0 Å². The van der Waals surface area contributed by atoms with Crippen LogP contribution in [-0.2, 0) is 19.3 Å². The Morgan fingerprint density at radius 2 is 1.76 bits per heavy atom. The number of carbonyl (C=O) groups excluding carboxylic acids is 1. The third-order valence-corrected chi connectivity index (χ3v) is 8.67. The van der Waals surface area contributed by atoms with E-state index in [1.54, 1.807) is 7.11 Å². The average molecular weight is 513 g/mol. The minimum absolute atomic E-state index is 0.0561. The molecule has 1 saturated heterocycles. The molecule has 0 radical (unpaired) electrons. The molecule has 2 aromatic carbocycles. The zero-order valence-corrected chi connectivity index (χ0v) is 22.1. The highest BCUT2D eigenvalue weighted by Gasteiger charge is 2.27. The minimum atomic E-state index is 0.0561. The summed E-state index contributed by atoms with van der Waals surface area (Å²) in [6, 6.07) is 17.9. The van der Waals surface area contributed by atoms with Gasteiger partial charge >= 0.3 is 0 Å². The number of ether oxygens (including phenoxy) is 1. The van der Waals surface area contributed by atoms with Crippen LogP contribution in [0.1, 0.15) is 51.4 Å². The molecule has 0 saturated carbocycles. The first-order valence-electron chi connectivity index (χ1n) is 13.2. The first-order valence-corrected chi connectivity index (χ1v) is 14.0. The molecule has 1 amide bonds. The van der Waals surface area contributed by atoms with Gasteiger partial charge in [0.15, 0.2) is 0 Å². The largest absolute Gasteiger partial charge is 0.497 e. The fraction of sp³-hybridized carbons (Fsp3) is 0.367. The highest BCUT2D eigenvalue weighted by molar-refractivity contribution is 7.19. The van der Waals surface area contributed by atoms with Crippen LogP contribution in [0.4, 0.5) is 5.82 Å². The Morgan fingerprint density at radius 1 is 0.946 bits per heavy atom. The van der Waals surface area contributed by atoms with Crippen LogP contribution in [0.5, 0.6) is 5.75 Å². The number of thiophene rings is 1. The topological polar surface area (TPSA) is 58.6 Å². The van der Waals surface area contributed by atoms with E-state index in [1.165, 1.54) is 40.7 Å². The number of rotatable bonds is 5. The van der Waals surface area contributed by atoms with E-state index in [0.29, 0.717) is 24.4 Å². The van der Waals surface area contributed by atoms with E-state index in [0.717, 1.165) is 48.8 Å². The van der Waals surface area contributed by atoms with Crippen molar-refractivity contribution in [2.24, 2.45) is 0 Å². The number of aryl methyl sites for hydroxylation is 2. The molecule has 1 aliphatic heterocycles. The summed E-state index contributed by atoms with van der Waals surface area (Å²) in [7, 11) is 1.63. The van der Waals surface area contributed by atoms with Crippen molar-refractivity contribution < 1.29 is 9.53 Å². The molecule has 190 valence electrons. The molecule has 3 heterocycles. The van der Waals surface area contributed by atoms with Crippen molar-refractivity contribution in [3.63, 3.8) is 0 Å². The minimum Gasteiger partial charge on any atom is -0.497 e. The summed E-state index contributed by atoms with van der Waals surface area (Å²) < 4.78 is 5.32. The van der Waals surface area contributed by atoms with Crippen LogP contribution in [-0.4, -0.2) is 54.1 Å². The Bertz CT molecular complexity index is 1410. The van der Waals surface area contributed by atoms with Crippen molar-refractivity contribution in [2.45, 2.75) is 38.5 Å². The Kier molecular flexibility index (Phi) is 6.79. The summed E-state index contributed by atoms with van der Waals surface area (Å²) in [5.74, 6) is 2.70. The van der Waals surface area contributed by atoms with E-state index in [4.69, 9.17) is 14.7 Å². The second-order valence-corrected chi connectivity index (χ2v) is 11.0. The maximum Gasteiger partial charge on any atom is 0.254 e. The Balaban J connectivity index is 1.30.